The summed E-state index contributed by atoms with van der Waals surface area (Å²) < 4.78 is 5.39. The zero-order chi connectivity index (χ0) is 16.4. The number of H-pyrrole nitrogens is 1. The first kappa shape index (κ1) is 15.4. The molecule has 0 unspecified atom stereocenters. The van der Waals surface area contributed by atoms with Crippen molar-refractivity contribution in [3.05, 3.63) is 59.1 Å². The van der Waals surface area contributed by atoms with Crippen molar-refractivity contribution in [3.63, 3.8) is 0 Å². The van der Waals surface area contributed by atoms with Crippen LogP contribution in [0.3, 0.4) is 0 Å². The molecule has 0 amide bonds. The number of thiophene rings is 1. The van der Waals surface area contributed by atoms with Crippen molar-refractivity contribution in [2.24, 2.45) is 0 Å². The number of hydrogen-bond donors (Lipinski definition) is 1. The fourth-order valence-corrected chi connectivity index (χ4v) is 4.45. The van der Waals surface area contributed by atoms with Gasteiger partial charge < -0.3 is 4.74 Å². The van der Waals surface area contributed by atoms with Crippen LogP contribution >= 0.6 is 11.3 Å². The van der Waals surface area contributed by atoms with E-state index < -0.39 is 0 Å². The van der Waals surface area contributed by atoms with E-state index in [2.05, 4.69) is 45.4 Å². The number of likely N-dealkylation sites (tertiary alicyclic amines) is 1. The van der Waals surface area contributed by atoms with Crippen LogP contribution in [-0.4, -0.2) is 28.8 Å². The molecule has 1 atom stereocenters. The second-order valence-electron chi connectivity index (χ2n) is 6.14. The lowest BCUT2D eigenvalue weighted by Gasteiger charge is -2.24. The molecule has 2 aromatic heterocycles. The molecule has 0 aliphatic carbocycles. The topological polar surface area (TPSA) is 41.1 Å². The fourth-order valence-electron chi connectivity index (χ4n) is 3.44. The van der Waals surface area contributed by atoms with Gasteiger partial charge in [0.2, 0.25) is 0 Å². The van der Waals surface area contributed by atoms with Crippen LogP contribution in [0.4, 0.5) is 0 Å². The van der Waals surface area contributed by atoms with Gasteiger partial charge >= 0.3 is 0 Å². The SMILES string of the molecule is COc1cccc([C@@H]2CCCN2Cc2ccc(-c3ccn[nH]3)s2)c1. The maximum atomic E-state index is 5.39. The third kappa shape index (κ3) is 3.09. The van der Waals surface area contributed by atoms with E-state index >= 15 is 0 Å². The third-order valence-electron chi connectivity index (χ3n) is 4.63. The molecule has 1 N–H and O–H groups in total. The number of methoxy groups -OCH3 is 1. The van der Waals surface area contributed by atoms with Crippen LogP contribution in [0, 0.1) is 0 Å². The lowest BCUT2D eigenvalue weighted by atomic mass is 10.0. The number of aromatic amines is 1. The molecular formula is C19H21N3OS. The quantitative estimate of drug-likeness (QED) is 0.745. The Morgan fingerprint density at radius 3 is 3.08 bits per heavy atom. The molecule has 0 radical (unpaired) electrons. The van der Waals surface area contributed by atoms with Gasteiger partial charge in [-0.15, -0.1) is 11.3 Å². The normalized spacial score (nSPS) is 18.1. The van der Waals surface area contributed by atoms with Crippen molar-refractivity contribution in [2.75, 3.05) is 13.7 Å². The molecule has 4 rings (SSSR count). The Morgan fingerprint density at radius 2 is 2.25 bits per heavy atom. The molecule has 0 spiro atoms. The Bertz CT molecular complexity index is 797. The molecule has 0 saturated carbocycles. The number of nitrogens with one attached hydrogen (secondary N) is 1. The first-order valence-corrected chi connectivity index (χ1v) is 9.11. The maximum absolute atomic E-state index is 5.39. The van der Waals surface area contributed by atoms with Gasteiger partial charge in [-0.1, -0.05) is 12.1 Å². The Balaban J connectivity index is 1.51. The van der Waals surface area contributed by atoms with E-state index in [1.54, 1.807) is 13.3 Å². The van der Waals surface area contributed by atoms with E-state index in [1.807, 2.05) is 23.5 Å². The van der Waals surface area contributed by atoms with Crippen LogP contribution in [0.5, 0.6) is 5.75 Å². The Hall–Kier alpha value is -2.11. The van der Waals surface area contributed by atoms with E-state index in [0.29, 0.717) is 6.04 Å². The van der Waals surface area contributed by atoms with Gasteiger partial charge in [-0.05, 0) is 55.3 Å². The molecule has 3 heterocycles. The van der Waals surface area contributed by atoms with E-state index in [4.69, 9.17) is 4.74 Å². The van der Waals surface area contributed by atoms with Crippen LogP contribution < -0.4 is 4.74 Å². The molecule has 1 fully saturated rings. The van der Waals surface area contributed by atoms with Crippen LogP contribution in [0.2, 0.25) is 0 Å². The summed E-state index contributed by atoms with van der Waals surface area (Å²) in [4.78, 5) is 5.23. The summed E-state index contributed by atoms with van der Waals surface area (Å²) >= 11 is 1.84. The fraction of sp³-hybridized carbons (Fsp3) is 0.316. The first-order chi connectivity index (χ1) is 11.8. The summed E-state index contributed by atoms with van der Waals surface area (Å²) in [7, 11) is 1.73. The number of nitrogens with zero attached hydrogens (tertiary/aromatic N) is 2. The molecule has 3 aromatic rings. The highest BCUT2D eigenvalue weighted by atomic mass is 32.1. The summed E-state index contributed by atoms with van der Waals surface area (Å²) in [6.07, 6.45) is 4.26. The predicted molar refractivity (Wildman–Crippen MR) is 97.3 cm³/mol. The summed E-state index contributed by atoms with van der Waals surface area (Å²) in [6.45, 7) is 2.15. The van der Waals surface area contributed by atoms with E-state index in [-0.39, 0.29) is 0 Å². The van der Waals surface area contributed by atoms with Gasteiger partial charge in [0, 0.05) is 23.7 Å². The van der Waals surface area contributed by atoms with Gasteiger partial charge in [-0.25, -0.2) is 0 Å². The lowest BCUT2D eigenvalue weighted by Crippen LogP contribution is -2.22. The zero-order valence-electron chi connectivity index (χ0n) is 13.7. The molecule has 124 valence electrons. The summed E-state index contributed by atoms with van der Waals surface area (Å²) in [5, 5.41) is 7.08. The van der Waals surface area contributed by atoms with E-state index in [9.17, 15) is 0 Å². The van der Waals surface area contributed by atoms with Crippen molar-refractivity contribution in [1.29, 1.82) is 0 Å². The second kappa shape index (κ2) is 6.79. The van der Waals surface area contributed by atoms with Crippen LogP contribution in [-0.2, 0) is 6.54 Å². The number of ether oxygens (including phenoxy) is 1. The van der Waals surface area contributed by atoms with Crippen molar-refractivity contribution in [1.82, 2.24) is 15.1 Å². The average molecular weight is 339 g/mol. The Kier molecular flexibility index (Phi) is 4.36. The number of aromatic nitrogens is 2. The summed E-state index contributed by atoms with van der Waals surface area (Å²) in [6, 6.07) is 15.4. The highest BCUT2D eigenvalue weighted by Gasteiger charge is 2.26. The third-order valence-corrected chi connectivity index (χ3v) is 5.73. The highest BCUT2D eigenvalue weighted by molar-refractivity contribution is 7.15. The Morgan fingerprint density at radius 1 is 1.29 bits per heavy atom. The van der Waals surface area contributed by atoms with Crippen LogP contribution in [0.15, 0.2) is 48.7 Å². The summed E-state index contributed by atoms with van der Waals surface area (Å²) in [5.41, 5.74) is 2.45. The molecule has 24 heavy (non-hydrogen) atoms. The van der Waals surface area contributed by atoms with Crippen molar-refractivity contribution in [2.45, 2.75) is 25.4 Å². The van der Waals surface area contributed by atoms with Crippen LogP contribution in [0.25, 0.3) is 10.6 Å². The molecule has 4 nitrogen and oxygen atoms in total. The molecule has 1 aliphatic heterocycles. The number of rotatable bonds is 5. The van der Waals surface area contributed by atoms with Gasteiger partial charge in [-0.3, -0.25) is 10.00 Å². The highest BCUT2D eigenvalue weighted by Crippen LogP contribution is 2.36. The van der Waals surface area contributed by atoms with Crippen molar-refractivity contribution < 1.29 is 4.74 Å². The standard InChI is InChI=1S/C19H21N3OS/c1-23-15-5-2-4-14(12-15)18-6-3-11-22(18)13-16-7-8-19(24-16)17-9-10-20-21-17/h2,4-5,7-10,12,18H,3,6,11,13H2,1H3,(H,20,21)/t18-/m0/s1. The van der Waals surface area contributed by atoms with Gasteiger partial charge in [0.05, 0.1) is 17.7 Å². The predicted octanol–water partition coefficient (Wildman–Crippen LogP) is 4.48. The van der Waals surface area contributed by atoms with Gasteiger partial charge in [-0.2, -0.15) is 5.10 Å². The largest absolute Gasteiger partial charge is 0.497 e. The molecular weight excluding hydrogens is 318 g/mol. The van der Waals surface area contributed by atoms with Crippen molar-refractivity contribution in [3.8, 4) is 16.3 Å². The minimum Gasteiger partial charge on any atom is -0.497 e. The lowest BCUT2D eigenvalue weighted by molar-refractivity contribution is 0.250. The van der Waals surface area contributed by atoms with Gasteiger partial charge in [0.25, 0.3) is 0 Å². The van der Waals surface area contributed by atoms with Crippen molar-refractivity contribution >= 4 is 11.3 Å². The minimum absolute atomic E-state index is 0.484. The average Bonchev–Trinajstić information content (AvgIpc) is 3.36. The second-order valence-corrected chi connectivity index (χ2v) is 7.31. The maximum Gasteiger partial charge on any atom is 0.119 e. The smallest absolute Gasteiger partial charge is 0.119 e. The minimum atomic E-state index is 0.484. The number of hydrogen-bond acceptors (Lipinski definition) is 4. The van der Waals surface area contributed by atoms with E-state index in [1.165, 1.54) is 28.2 Å². The monoisotopic (exact) mass is 339 g/mol. The Labute approximate surface area is 146 Å². The molecule has 1 aromatic carbocycles. The first-order valence-electron chi connectivity index (χ1n) is 8.30. The van der Waals surface area contributed by atoms with Gasteiger partial charge in [0.1, 0.15) is 5.75 Å². The molecule has 5 heteroatoms. The molecule has 1 aliphatic rings. The zero-order valence-corrected chi connectivity index (χ0v) is 14.6. The summed E-state index contributed by atoms with van der Waals surface area (Å²) in [5.74, 6) is 0.942. The van der Waals surface area contributed by atoms with E-state index in [0.717, 1.165) is 24.5 Å². The molecule has 1 saturated heterocycles. The van der Waals surface area contributed by atoms with Crippen LogP contribution in [0.1, 0.15) is 29.3 Å². The number of benzene rings is 1. The van der Waals surface area contributed by atoms with Gasteiger partial charge in [0.15, 0.2) is 0 Å². The molecule has 0 bridgehead atoms.